The molecular formula is C23H22N2O2S2. The smallest absolute Gasteiger partial charge is 0.275 e. The standard InChI is InChI=1S/C23H22N2O2S2/c1-27-21-15-9-8-14-20(21)22(26)24-25-23(28-16-18-10-4-2-5-11-18)29-17-19-12-6-3-7-13-19/h2-15H,16-17H2,1H3,(H,24,26). The van der Waals surface area contributed by atoms with Crippen LogP contribution in [0.15, 0.2) is 90.0 Å². The van der Waals surface area contributed by atoms with E-state index in [4.69, 9.17) is 4.74 Å². The molecule has 1 amide bonds. The first-order chi connectivity index (χ1) is 14.3. The zero-order chi connectivity index (χ0) is 20.3. The molecule has 0 aliphatic heterocycles. The van der Waals surface area contributed by atoms with Gasteiger partial charge in [0, 0.05) is 11.5 Å². The van der Waals surface area contributed by atoms with Gasteiger partial charge >= 0.3 is 0 Å². The fraction of sp³-hybridized carbons (Fsp3) is 0.130. The number of rotatable bonds is 7. The fourth-order valence-electron chi connectivity index (χ4n) is 2.53. The van der Waals surface area contributed by atoms with Crippen LogP contribution in [0.4, 0.5) is 0 Å². The largest absolute Gasteiger partial charge is 0.496 e. The lowest BCUT2D eigenvalue weighted by Gasteiger charge is -2.09. The fourth-order valence-corrected chi connectivity index (χ4v) is 4.41. The average molecular weight is 423 g/mol. The molecule has 0 bridgehead atoms. The molecule has 0 radical (unpaired) electrons. The van der Waals surface area contributed by atoms with Crippen molar-refractivity contribution in [2.24, 2.45) is 5.10 Å². The number of hydrogen-bond acceptors (Lipinski definition) is 5. The average Bonchev–Trinajstić information content (AvgIpc) is 2.79. The van der Waals surface area contributed by atoms with E-state index >= 15 is 0 Å². The van der Waals surface area contributed by atoms with Crippen LogP contribution in [0.5, 0.6) is 5.75 Å². The second-order valence-corrected chi connectivity index (χ2v) is 8.25. The van der Waals surface area contributed by atoms with E-state index < -0.39 is 0 Å². The number of methoxy groups -OCH3 is 1. The van der Waals surface area contributed by atoms with Gasteiger partial charge in [0.2, 0.25) is 0 Å². The molecule has 6 heteroatoms. The number of ether oxygens (including phenoxy) is 1. The van der Waals surface area contributed by atoms with E-state index in [1.165, 1.54) is 11.1 Å². The summed E-state index contributed by atoms with van der Waals surface area (Å²) in [5, 5.41) is 4.39. The van der Waals surface area contributed by atoms with Crippen LogP contribution in [0, 0.1) is 0 Å². The lowest BCUT2D eigenvalue weighted by atomic mass is 10.2. The predicted octanol–water partition coefficient (Wildman–Crippen LogP) is 5.56. The van der Waals surface area contributed by atoms with Gasteiger partial charge in [0.25, 0.3) is 5.91 Å². The molecule has 0 heterocycles. The van der Waals surface area contributed by atoms with Crippen LogP contribution in [0.3, 0.4) is 0 Å². The van der Waals surface area contributed by atoms with Crippen molar-refractivity contribution in [2.45, 2.75) is 11.5 Å². The van der Waals surface area contributed by atoms with E-state index in [0.29, 0.717) is 11.3 Å². The Kier molecular flexibility index (Phi) is 8.22. The van der Waals surface area contributed by atoms with Crippen molar-refractivity contribution in [1.82, 2.24) is 5.43 Å². The van der Waals surface area contributed by atoms with Gasteiger partial charge < -0.3 is 4.74 Å². The molecule has 0 aromatic heterocycles. The maximum atomic E-state index is 12.6. The molecule has 0 aliphatic carbocycles. The molecular weight excluding hydrogens is 400 g/mol. The van der Waals surface area contributed by atoms with Crippen molar-refractivity contribution in [3.8, 4) is 5.75 Å². The molecule has 148 valence electrons. The summed E-state index contributed by atoms with van der Waals surface area (Å²) < 4.78 is 6.07. The zero-order valence-electron chi connectivity index (χ0n) is 16.1. The molecule has 0 fully saturated rings. The first-order valence-electron chi connectivity index (χ1n) is 9.11. The van der Waals surface area contributed by atoms with Crippen molar-refractivity contribution < 1.29 is 9.53 Å². The second-order valence-electron chi connectivity index (χ2n) is 6.07. The summed E-state index contributed by atoms with van der Waals surface area (Å²) in [6, 6.07) is 27.5. The number of nitrogens with zero attached hydrogens (tertiary/aromatic N) is 1. The van der Waals surface area contributed by atoms with E-state index in [2.05, 4.69) is 34.8 Å². The molecule has 0 spiro atoms. The Morgan fingerprint density at radius 2 is 1.34 bits per heavy atom. The number of para-hydroxylation sites is 1. The Labute approximate surface area is 179 Å². The number of carbonyl (C=O) groups excluding carboxylic acids is 1. The molecule has 0 aliphatic rings. The van der Waals surface area contributed by atoms with Crippen LogP contribution >= 0.6 is 23.5 Å². The minimum atomic E-state index is -0.291. The Balaban J connectivity index is 1.69. The highest BCUT2D eigenvalue weighted by atomic mass is 32.2. The van der Waals surface area contributed by atoms with Crippen LogP contribution in [-0.4, -0.2) is 17.4 Å². The maximum Gasteiger partial charge on any atom is 0.275 e. The molecule has 3 aromatic rings. The highest BCUT2D eigenvalue weighted by Gasteiger charge is 2.12. The van der Waals surface area contributed by atoms with Crippen LogP contribution < -0.4 is 10.2 Å². The van der Waals surface area contributed by atoms with Gasteiger partial charge in [-0.05, 0) is 23.3 Å². The monoisotopic (exact) mass is 422 g/mol. The first-order valence-corrected chi connectivity index (χ1v) is 11.1. The number of hydrazone groups is 1. The minimum Gasteiger partial charge on any atom is -0.496 e. The Morgan fingerprint density at radius 3 is 1.90 bits per heavy atom. The molecule has 1 N–H and O–H groups in total. The Bertz CT molecular complexity index is 902. The molecule has 4 nitrogen and oxygen atoms in total. The Hall–Kier alpha value is -2.70. The van der Waals surface area contributed by atoms with Crippen LogP contribution in [-0.2, 0) is 11.5 Å². The molecule has 0 atom stereocenters. The van der Waals surface area contributed by atoms with Crippen LogP contribution in [0.2, 0.25) is 0 Å². The number of amides is 1. The van der Waals surface area contributed by atoms with Crippen molar-refractivity contribution in [3.05, 3.63) is 102 Å². The van der Waals surface area contributed by atoms with Gasteiger partial charge in [-0.3, -0.25) is 4.79 Å². The molecule has 3 aromatic carbocycles. The quantitative estimate of drug-likeness (QED) is 0.308. The molecule has 0 unspecified atom stereocenters. The van der Waals surface area contributed by atoms with Crippen molar-refractivity contribution in [2.75, 3.05) is 7.11 Å². The van der Waals surface area contributed by atoms with Crippen LogP contribution in [0.25, 0.3) is 0 Å². The van der Waals surface area contributed by atoms with Gasteiger partial charge in [0.1, 0.15) is 5.75 Å². The minimum absolute atomic E-state index is 0.291. The highest BCUT2D eigenvalue weighted by molar-refractivity contribution is 8.38. The highest BCUT2D eigenvalue weighted by Crippen LogP contribution is 2.25. The van der Waals surface area contributed by atoms with Gasteiger partial charge in [-0.15, -0.1) is 0 Å². The molecule has 3 rings (SSSR count). The van der Waals surface area contributed by atoms with Gasteiger partial charge in [-0.1, -0.05) is 96.3 Å². The number of nitrogens with one attached hydrogen (secondary N) is 1. The van der Waals surface area contributed by atoms with Gasteiger partial charge in [0.05, 0.1) is 12.7 Å². The summed E-state index contributed by atoms with van der Waals surface area (Å²) in [6.07, 6.45) is 0. The van der Waals surface area contributed by atoms with Crippen molar-refractivity contribution in [3.63, 3.8) is 0 Å². The maximum absolute atomic E-state index is 12.6. The molecule has 0 saturated heterocycles. The lowest BCUT2D eigenvalue weighted by molar-refractivity contribution is 0.0952. The molecule has 29 heavy (non-hydrogen) atoms. The zero-order valence-corrected chi connectivity index (χ0v) is 17.7. The van der Waals surface area contributed by atoms with E-state index in [-0.39, 0.29) is 5.91 Å². The SMILES string of the molecule is COc1ccccc1C(=O)NN=C(SCc1ccccc1)SCc1ccccc1. The summed E-state index contributed by atoms with van der Waals surface area (Å²) in [6.45, 7) is 0. The normalized spacial score (nSPS) is 10.2. The first kappa shape index (κ1) is 21.0. The third-order valence-corrected chi connectivity index (χ3v) is 6.35. The molecule has 0 saturated carbocycles. The summed E-state index contributed by atoms with van der Waals surface area (Å²) in [5.74, 6) is 1.80. The summed E-state index contributed by atoms with van der Waals surface area (Å²) in [7, 11) is 1.55. The summed E-state index contributed by atoms with van der Waals surface area (Å²) in [4.78, 5) is 12.6. The summed E-state index contributed by atoms with van der Waals surface area (Å²) in [5.41, 5.74) is 5.55. The van der Waals surface area contributed by atoms with Gasteiger partial charge in [-0.25, -0.2) is 5.43 Å². The van der Waals surface area contributed by atoms with Crippen LogP contribution in [0.1, 0.15) is 21.5 Å². The number of benzene rings is 3. The van der Waals surface area contributed by atoms with E-state index in [1.54, 1.807) is 48.8 Å². The van der Waals surface area contributed by atoms with Gasteiger partial charge in [0.15, 0.2) is 4.38 Å². The second kappa shape index (κ2) is 11.3. The predicted molar refractivity (Wildman–Crippen MR) is 123 cm³/mol. The lowest BCUT2D eigenvalue weighted by Crippen LogP contribution is -2.19. The third-order valence-electron chi connectivity index (χ3n) is 4.01. The van der Waals surface area contributed by atoms with Crippen molar-refractivity contribution in [1.29, 1.82) is 0 Å². The van der Waals surface area contributed by atoms with Gasteiger partial charge in [-0.2, -0.15) is 5.10 Å². The third kappa shape index (κ3) is 6.69. The summed E-state index contributed by atoms with van der Waals surface area (Å²) >= 11 is 3.22. The van der Waals surface area contributed by atoms with Crippen molar-refractivity contribution >= 4 is 33.8 Å². The van der Waals surface area contributed by atoms with E-state index in [0.717, 1.165) is 15.9 Å². The number of carbonyl (C=O) groups is 1. The number of hydrogen-bond donors (Lipinski definition) is 1. The Morgan fingerprint density at radius 1 is 0.828 bits per heavy atom. The topological polar surface area (TPSA) is 50.7 Å². The van der Waals surface area contributed by atoms with E-state index in [9.17, 15) is 4.79 Å². The van der Waals surface area contributed by atoms with E-state index in [1.807, 2.05) is 42.5 Å². The number of thioether (sulfide) groups is 2.